The summed E-state index contributed by atoms with van der Waals surface area (Å²) in [5.74, 6) is -0.460. The molecule has 2 rings (SSSR count). The van der Waals surface area contributed by atoms with Gasteiger partial charge in [0.25, 0.3) is 5.24 Å². The number of benzene rings is 2. The van der Waals surface area contributed by atoms with E-state index in [4.69, 9.17) is 11.6 Å². The fourth-order valence-corrected chi connectivity index (χ4v) is 3.17. The highest BCUT2D eigenvalue weighted by Crippen LogP contribution is 2.24. The van der Waals surface area contributed by atoms with Crippen LogP contribution in [0.2, 0.25) is 5.02 Å². The van der Waals surface area contributed by atoms with Gasteiger partial charge in [-0.2, -0.15) is 0 Å². The van der Waals surface area contributed by atoms with E-state index >= 15 is 0 Å². The molecule has 0 aliphatic heterocycles. The Morgan fingerprint density at radius 3 is 2.18 bits per heavy atom. The molecule has 0 radical (unpaired) electrons. The quantitative estimate of drug-likeness (QED) is 0.683. The number of thioether (sulfide) groups is 1. The minimum atomic E-state index is -0.456. The van der Waals surface area contributed by atoms with Crippen LogP contribution >= 0.6 is 23.4 Å². The minimum absolute atomic E-state index is 0.0714. The van der Waals surface area contributed by atoms with Crippen LogP contribution in [0.25, 0.3) is 0 Å². The van der Waals surface area contributed by atoms with Gasteiger partial charge < -0.3 is 15.5 Å². The van der Waals surface area contributed by atoms with Gasteiger partial charge in [0.1, 0.15) is 0 Å². The van der Waals surface area contributed by atoms with Gasteiger partial charge in [-0.1, -0.05) is 23.7 Å². The average molecular weight is 420 g/mol. The predicted molar refractivity (Wildman–Crippen MR) is 113 cm³/mol. The van der Waals surface area contributed by atoms with Crippen molar-refractivity contribution in [2.75, 3.05) is 19.4 Å². The van der Waals surface area contributed by atoms with Crippen LogP contribution in [0.1, 0.15) is 24.9 Å². The number of nitrogens with one attached hydrogen (secondary N) is 2. The Morgan fingerprint density at radius 2 is 1.64 bits per heavy atom. The SMILES string of the molecule is CC(=O)NC(CC(=O)Nc1ccc(SC(=O)N(C)C)cc1)c1ccc(Cl)cc1. The van der Waals surface area contributed by atoms with E-state index in [9.17, 15) is 14.4 Å². The summed E-state index contributed by atoms with van der Waals surface area (Å²) < 4.78 is 0. The van der Waals surface area contributed by atoms with Gasteiger partial charge in [0.05, 0.1) is 12.5 Å². The first kappa shape index (κ1) is 21.8. The lowest BCUT2D eigenvalue weighted by molar-refractivity contribution is -0.120. The van der Waals surface area contributed by atoms with E-state index in [1.54, 1.807) is 62.6 Å². The zero-order valence-electron chi connectivity index (χ0n) is 15.9. The van der Waals surface area contributed by atoms with Crippen LogP contribution in [-0.2, 0) is 9.59 Å². The molecule has 28 heavy (non-hydrogen) atoms. The lowest BCUT2D eigenvalue weighted by Crippen LogP contribution is -2.29. The molecule has 0 saturated carbocycles. The summed E-state index contributed by atoms with van der Waals surface area (Å²) in [6, 6.07) is 13.6. The molecule has 8 heteroatoms. The molecule has 0 bridgehead atoms. The third kappa shape index (κ3) is 6.90. The Labute approximate surface area is 173 Å². The highest BCUT2D eigenvalue weighted by atomic mass is 35.5. The van der Waals surface area contributed by atoms with Crippen LogP contribution in [-0.4, -0.2) is 36.0 Å². The second-order valence-electron chi connectivity index (χ2n) is 6.34. The molecule has 1 unspecified atom stereocenters. The Morgan fingerprint density at radius 1 is 1.04 bits per heavy atom. The second kappa shape index (κ2) is 10.1. The van der Waals surface area contributed by atoms with Crippen LogP contribution in [0.3, 0.4) is 0 Å². The molecule has 0 spiro atoms. The van der Waals surface area contributed by atoms with E-state index in [1.807, 2.05) is 0 Å². The summed E-state index contributed by atoms with van der Waals surface area (Å²) >= 11 is 7.02. The number of amides is 3. The lowest BCUT2D eigenvalue weighted by Gasteiger charge is -2.18. The van der Waals surface area contributed by atoms with Gasteiger partial charge >= 0.3 is 0 Å². The second-order valence-corrected chi connectivity index (χ2v) is 7.80. The largest absolute Gasteiger partial charge is 0.349 e. The zero-order valence-corrected chi connectivity index (χ0v) is 17.4. The number of halogens is 1. The van der Waals surface area contributed by atoms with Gasteiger partial charge in [0, 0.05) is 36.6 Å². The van der Waals surface area contributed by atoms with Crippen LogP contribution < -0.4 is 10.6 Å². The monoisotopic (exact) mass is 419 g/mol. The maximum Gasteiger partial charge on any atom is 0.285 e. The Hall–Kier alpha value is -2.51. The smallest absolute Gasteiger partial charge is 0.285 e. The van der Waals surface area contributed by atoms with Crippen molar-refractivity contribution in [3.05, 3.63) is 59.1 Å². The molecule has 148 valence electrons. The van der Waals surface area contributed by atoms with Crippen LogP contribution in [0, 0.1) is 0 Å². The Bertz CT molecular complexity index is 839. The van der Waals surface area contributed by atoms with Crippen molar-refractivity contribution in [1.82, 2.24) is 10.2 Å². The number of carbonyl (C=O) groups is 3. The summed E-state index contributed by atoms with van der Waals surface area (Å²) in [7, 11) is 3.38. The van der Waals surface area contributed by atoms with Gasteiger partial charge in [-0.05, 0) is 53.7 Å². The van der Waals surface area contributed by atoms with Gasteiger partial charge in [-0.25, -0.2) is 0 Å². The molecule has 0 heterocycles. The fraction of sp³-hybridized carbons (Fsp3) is 0.250. The molecular weight excluding hydrogens is 398 g/mol. The van der Waals surface area contributed by atoms with E-state index in [-0.39, 0.29) is 23.5 Å². The first-order chi connectivity index (χ1) is 13.2. The number of nitrogens with zero attached hydrogens (tertiary/aromatic N) is 1. The van der Waals surface area contributed by atoms with Crippen molar-refractivity contribution in [1.29, 1.82) is 0 Å². The highest BCUT2D eigenvalue weighted by Gasteiger charge is 2.17. The summed E-state index contributed by atoms with van der Waals surface area (Å²) in [5.41, 5.74) is 1.41. The molecule has 2 N–H and O–H groups in total. The van der Waals surface area contributed by atoms with E-state index in [0.717, 1.165) is 22.2 Å². The molecule has 0 aromatic heterocycles. The first-order valence-corrected chi connectivity index (χ1v) is 9.75. The number of hydrogen-bond acceptors (Lipinski definition) is 4. The summed E-state index contributed by atoms with van der Waals surface area (Å²) in [6.07, 6.45) is 0.0802. The average Bonchev–Trinajstić information content (AvgIpc) is 2.63. The zero-order chi connectivity index (χ0) is 20.7. The van der Waals surface area contributed by atoms with Crippen molar-refractivity contribution in [2.45, 2.75) is 24.3 Å². The van der Waals surface area contributed by atoms with Gasteiger partial charge in [0.15, 0.2) is 0 Å². The van der Waals surface area contributed by atoms with E-state index < -0.39 is 6.04 Å². The fourth-order valence-electron chi connectivity index (χ4n) is 2.39. The molecular formula is C20H22ClN3O3S. The first-order valence-electron chi connectivity index (χ1n) is 8.56. The Balaban J connectivity index is 2.00. The van der Waals surface area contributed by atoms with E-state index in [0.29, 0.717) is 10.7 Å². The molecule has 3 amide bonds. The molecule has 0 aliphatic carbocycles. The van der Waals surface area contributed by atoms with Crippen molar-refractivity contribution in [3.63, 3.8) is 0 Å². The van der Waals surface area contributed by atoms with Crippen molar-refractivity contribution in [2.24, 2.45) is 0 Å². The summed E-state index contributed by atoms with van der Waals surface area (Å²) in [5, 5.41) is 6.11. The molecule has 0 saturated heterocycles. The van der Waals surface area contributed by atoms with Crippen LogP contribution in [0.4, 0.5) is 10.5 Å². The number of carbonyl (C=O) groups excluding carboxylic acids is 3. The molecule has 2 aromatic carbocycles. The van der Waals surface area contributed by atoms with E-state index in [2.05, 4.69) is 10.6 Å². The molecule has 6 nitrogen and oxygen atoms in total. The van der Waals surface area contributed by atoms with Crippen LogP contribution in [0.5, 0.6) is 0 Å². The molecule has 0 fully saturated rings. The number of rotatable bonds is 6. The number of anilines is 1. The Kier molecular flexibility index (Phi) is 7.90. The van der Waals surface area contributed by atoms with Crippen molar-refractivity contribution < 1.29 is 14.4 Å². The topological polar surface area (TPSA) is 78.5 Å². The highest BCUT2D eigenvalue weighted by molar-refractivity contribution is 8.13. The summed E-state index contributed by atoms with van der Waals surface area (Å²) in [4.78, 5) is 37.9. The summed E-state index contributed by atoms with van der Waals surface area (Å²) in [6.45, 7) is 1.41. The molecule has 2 aromatic rings. The standard InChI is InChI=1S/C20H22ClN3O3S/c1-13(25)22-18(14-4-6-15(21)7-5-14)12-19(26)23-16-8-10-17(11-9-16)28-20(27)24(2)3/h4-11,18H,12H2,1-3H3,(H,22,25)(H,23,26). The molecule has 1 atom stereocenters. The predicted octanol–water partition coefficient (Wildman–Crippen LogP) is 4.32. The van der Waals surface area contributed by atoms with Gasteiger partial charge in [0.2, 0.25) is 11.8 Å². The van der Waals surface area contributed by atoms with Crippen LogP contribution in [0.15, 0.2) is 53.4 Å². The van der Waals surface area contributed by atoms with Crippen molar-refractivity contribution in [3.8, 4) is 0 Å². The van der Waals surface area contributed by atoms with Gasteiger partial charge in [-0.15, -0.1) is 0 Å². The van der Waals surface area contributed by atoms with E-state index in [1.165, 1.54) is 11.8 Å². The lowest BCUT2D eigenvalue weighted by atomic mass is 10.0. The minimum Gasteiger partial charge on any atom is -0.349 e. The maximum atomic E-state index is 12.4. The third-order valence-electron chi connectivity index (χ3n) is 3.75. The van der Waals surface area contributed by atoms with Gasteiger partial charge in [-0.3, -0.25) is 14.4 Å². The van der Waals surface area contributed by atoms with Crippen molar-refractivity contribution >= 4 is 46.1 Å². The maximum absolute atomic E-state index is 12.4. The molecule has 0 aliphatic rings. The normalized spacial score (nSPS) is 11.4. The third-order valence-corrected chi connectivity index (χ3v) is 5.05. The number of hydrogen-bond donors (Lipinski definition) is 2.